The normalized spacial score (nSPS) is 15.7. The summed E-state index contributed by atoms with van der Waals surface area (Å²) in [4.78, 5) is 36.5. The van der Waals surface area contributed by atoms with Crippen molar-refractivity contribution in [1.82, 2.24) is 0 Å². The zero-order valence-corrected chi connectivity index (χ0v) is 15.7. The first kappa shape index (κ1) is 19.9. The van der Waals surface area contributed by atoms with Crippen LogP contribution in [-0.4, -0.2) is 37.1 Å². The Balaban J connectivity index is 1.59. The molecule has 0 spiro atoms. The topological polar surface area (TPSA) is 93.7 Å². The molecule has 146 valence electrons. The minimum Gasteiger partial charge on any atom is -0.454 e. The number of hydrogen-bond acceptors (Lipinski definition) is 5. The molecule has 0 radical (unpaired) electrons. The largest absolute Gasteiger partial charge is 0.454 e. The second-order valence-electron chi connectivity index (χ2n) is 6.16. The molecule has 2 N–H and O–H groups in total. The highest BCUT2D eigenvalue weighted by molar-refractivity contribution is 6.30. The molecule has 2 amide bonds. The molecule has 0 saturated carbocycles. The van der Waals surface area contributed by atoms with Gasteiger partial charge < -0.3 is 20.1 Å². The van der Waals surface area contributed by atoms with E-state index in [1.54, 1.807) is 48.5 Å². The molecule has 2 aromatic rings. The SMILES string of the molecule is O=C(COC(=O)[C@H]1CCCO1)Nc1ccccc1C(=O)Nc1ccc(Cl)cc1. The molecule has 2 aromatic carbocycles. The summed E-state index contributed by atoms with van der Waals surface area (Å²) in [6, 6.07) is 13.2. The van der Waals surface area contributed by atoms with Gasteiger partial charge in [0.1, 0.15) is 0 Å². The zero-order valence-electron chi connectivity index (χ0n) is 14.9. The summed E-state index contributed by atoms with van der Waals surface area (Å²) in [6.07, 6.45) is 0.779. The van der Waals surface area contributed by atoms with Gasteiger partial charge in [-0.2, -0.15) is 0 Å². The van der Waals surface area contributed by atoms with E-state index < -0.39 is 30.5 Å². The van der Waals surface area contributed by atoms with Crippen molar-refractivity contribution in [1.29, 1.82) is 0 Å². The molecule has 28 heavy (non-hydrogen) atoms. The van der Waals surface area contributed by atoms with Gasteiger partial charge in [0.05, 0.1) is 11.3 Å². The van der Waals surface area contributed by atoms with Crippen LogP contribution in [0.3, 0.4) is 0 Å². The second kappa shape index (κ2) is 9.34. The van der Waals surface area contributed by atoms with Gasteiger partial charge in [-0.05, 0) is 49.2 Å². The van der Waals surface area contributed by atoms with Gasteiger partial charge in [-0.1, -0.05) is 23.7 Å². The number of carbonyl (C=O) groups is 3. The average molecular weight is 403 g/mol. The summed E-state index contributed by atoms with van der Waals surface area (Å²) >= 11 is 5.84. The van der Waals surface area contributed by atoms with Crippen LogP contribution in [0.25, 0.3) is 0 Å². The van der Waals surface area contributed by atoms with E-state index in [4.69, 9.17) is 21.1 Å². The van der Waals surface area contributed by atoms with E-state index >= 15 is 0 Å². The molecule has 3 rings (SSSR count). The van der Waals surface area contributed by atoms with E-state index in [0.29, 0.717) is 29.4 Å². The number of hydrogen-bond donors (Lipinski definition) is 2. The molecular formula is C20H19ClN2O5. The van der Waals surface area contributed by atoms with Crippen molar-refractivity contribution in [3.05, 3.63) is 59.1 Å². The zero-order chi connectivity index (χ0) is 19.9. The standard InChI is InChI=1S/C20H19ClN2O5/c21-13-7-9-14(10-8-13)22-19(25)15-4-1-2-5-16(15)23-18(24)12-28-20(26)17-6-3-11-27-17/h1-2,4-5,7-10,17H,3,6,11-12H2,(H,22,25)(H,23,24)/t17-/m1/s1. The van der Waals surface area contributed by atoms with Crippen molar-refractivity contribution >= 4 is 40.8 Å². The summed E-state index contributed by atoms with van der Waals surface area (Å²) in [7, 11) is 0. The molecule has 8 heteroatoms. The third kappa shape index (κ3) is 5.31. The molecule has 0 aromatic heterocycles. The van der Waals surface area contributed by atoms with Crippen LogP contribution in [-0.2, 0) is 19.1 Å². The Labute approximate surface area is 167 Å². The number of benzene rings is 2. The van der Waals surface area contributed by atoms with Crippen molar-refractivity contribution in [2.24, 2.45) is 0 Å². The summed E-state index contributed by atoms with van der Waals surface area (Å²) in [6.45, 7) is 0.0634. The highest BCUT2D eigenvalue weighted by atomic mass is 35.5. The lowest BCUT2D eigenvalue weighted by molar-refractivity contribution is -0.156. The van der Waals surface area contributed by atoms with E-state index in [1.165, 1.54) is 0 Å². The quantitative estimate of drug-likeness (QED) is 0.723. The van der Waals surface area contributed by atoms with Crippen molar-refractivity contribution in [2.45, 2.75) is 18.9 Å². The minimum absolute atomic E-state index is 0.274. The number of rotatable bonds is 6. The predicted octanol–water partition coefficient (Wildman–Crippen LogP) is 3.25. The lowest BCUT2D eigenvalue weighted by Gasteiger charge is -2.13. The van der Waals surface area contributed by atoms with Gasteiger partial charge in [0, 0.05) is 17.3 Å². The summed E-state index contributed by atoms with van der Waals surface area (Å²) < 4.78 is 10.2. The van der Waals surface area contributed by atoms with E-state index in [-0.39, 0.29) is 5.56 Å². The van der Waals surface area contributed by atoms with Crippen LogP contribution in [0.15, 0.2) is 48.5 Å². The maximum Gasteiger partial charge on any atom is 0.335 e. The highest BCUT2D eigenvalue weighted by Crippen LogP contribution is 2.19. The van der Waals surface area contributed by atoms with Gasteiger partial charge in [-0.15, -0.1) is 0 Å². The van der Waals surface area contributed by atoms with E-state index in [1.807, 2.05) is 0 Å². The fraction of sp³-hybridized carbons (Fsp3) is 0.250. The summed E-state index contributed by atoms with van der Waals surface area (Å²) in [5.74, 6) is -1.49. The van der Waals surface area contributed by atoms with Crippen LogP contribution in [0.2, 0.25) is 5.02 Å². The first-order valence-electron chi connectivity index (χ1n) is 8.77. The Hall–Kier alpha value is -2.90. The Kier molecular flexibility index (Phi) is 6.62. The maximum atomic E-state index is 12.5. The lowest BCUT2D eigenvalue weighted by atomic mass is 10.1. The monoisotopic (exact) mass is 402 g/mol. The van der Waals surface area contributed by atoms with Crippen LogP contribution >= 0.6 is 11.6 Å². The second-order valence-corrected chi connectivity index (χ2v) is 6.60. The first-order valence-corrected chi connectivity index (χ1v) is 9.15. The van der Waals surface area contributed by atoms with Crippen molar-refractivity contribution in [3.8, 4) is 0 Å². The van der Waals surface area contributed by atoms with Crippen molar-refractivity contribution in [3.63, 3.8) is 0 Å². The first-order chi connectivity index (χ1) is 13.5. The Morgan fingerprint density at radius 3 is 2.54 bits per heavy atom. The number of esters is 1. The number of halogens is 1. The molecular weight excluding hydrogens is 384 g/mol. The number of ether oxygens (including phenoxy) is 2. The fourth-order valence-electron chi connectivity index (χ4n) is 2.70. The van der Waals surface area contributed by atoms with Crippen LogP contribution < -0.4 is 10.6 Å². The third-order valence-corrected chi connectivity index (χ3v) is 4.34. The van der Waals surface area contributed by atoms with Crippen LogP contribution in [0.4, 0.5) is 11.4 Å². The van der Waals surface area contributed by atoms with Gasteiger partial charge in [0.2, 0.25) is 0 Å². The smallest absolute Gasteiger partial charge is 0.335 e. The highest BCUT2D eigenvalue weighted by Gasteiger charge is 2.25. The molecule has 1 fully saturated rings. The Morgan fingerprint density at radius 1 is 1.07 bits per heavy atom. The van der Waals surface area contributed by atoms with E-state index in [0.717, 1.165) is 6.42 Å². The fourth-order valence-corrected chi connectivity index (χ4v) is 2.83. The average Bonchev–Trinajstić information content (AvgIpc) is 3.23. The van der Waals surface area contributed by atoms with Crippen LogP contribution in [0.1, 0.15) is 23.2 Å². The van der Waals surface area contributed by atoms with Crippen molar-refractivity contribution < 1.29 is 23.9 Å². The number of carbonyl (C=O) groups excluding carboxylic acids is 3. The predicted molar refractivity (Wildman–Crippen MR) is 104 cm³/mol. The summed E-state index contributed by atoms with van der Waals surface area (Å²) in [5, 5.41) is 5.89. The van der Waals surface area contributed by atoms with Crippen molar-refractivity contribution in [2.75, 3.05) is 23.8 Å². The molecule has 1 saturated heterocycles. The molecule has 0 bridgehead atoms. The van der Waals surface area contributed by atoms with Gasteiger partial charge in [0.15, 0.2) is 12.7 Å². The lowest BCUT2D eigenvalue weighted by Crippen LogP contribution is -2.28. The van der Waals surface area contributed by atoms with Crippen LogP contribution in [0, 0.1) is 0 Å². The summed E-state index contributed by atoms with van der Waals surface area (Å²) in [5.41, 5.74) is 1.16. The molecule has 1 aliphatic heterocycles. The van der Waals surface area contributed by atoms with E-state index in [9.17, 15) is 14.4 Å². The van der Waals surface area contributed by atoms with Gasteiger partial charge in [0.25, 0.3) is 11.8 Å². The number of anilines is 2. The molecule has 1 heterocycles. The molecule has 7 nitrogen and oxygen atoms in total. The van der Waals surface area contributed by atoms with Gasteiger partial charge in [-0.25, -0.2) is 4.79 Å². The van der Waals surface area contributed by atoms with Gasteiger partial charge in [-0.3, -0.25) is 9.59 Å². The molecule has 0 unspecified atom stereocenters. The molecule has 0 aliphatic carbocycles. The Bertz CT molecular complexity index is 863. The number of para-hydroxylation sites is 1. The van der Waals surface area contributed by atoms with Crippen LogP contribution in [0.5, 0.6) is 0 Å². The Morgan fingerprint density at radius 2 is 1.82 bits per heavy atom. The van der Waals surface area contributed by atoms with E-state index in [2.05, 4.69) is 10.6 Å². The third-order valence-electron chi connectivity index (χ3n) is 4.09. The minimum atomic E-state index is -0.606. The number of nitrogens with one attached hydrogen (secondary N) is 2. The molecule has 1 atom stereocenters. The molecule has 1 aliphatic rings. The van der Waals surface area contributed by atoms with Gasteiger partial charge >= 0.3 is 5.97 Å². The number of amides is 2. The maximum absolute atomic E-state index is 12.5.